The summed E-state index contributed by atoms with van der Waals surface area (Å²) in [5.74, 6) is -2.65. The van der Waals surface area contributed by atoms with Gasteiger partial charge < -0.3 is 15.1 Å². The average molecular weight is 397 g/mol. The topological polar surface area (TPSA) is 69.7 Å². The van der Waals surface area contributed by atoms with Crippen LogP contribution in [0, 0.1) is 5.92 Å². The molecule has 9 heteroatoms. The molecule has 3 amide bonds. The molecule has 152 valence electrons. The summed E-state index contributed by atoms with van der Waals surface area (Å²) in [5, 5.41) is 2.83. The molecule has 0 bridgehead atoms. The average Bonchev–Trinajstić information content (AvgIpc) is 3.02. The summed E-state index contributed by atoms with van der Waals surface area (Å²) < 4.78 is 37.4. The minimum absolute atomic E-state index is 0.0486. The molecule has 0 aliphatic carbocycles. The van der Waals surface area contributed by atoms with Gasteiger partial charge in [0.2, 0.25) is 11.8 Å². The Morgan fingerprint density at radius 1 is 1.11 bits per heavy atom. The largest absolute Gasteiger partial charge is 0.471 e. The Balaban J connectivity index is 1.47. The van der Waals surface area contributed by atoms with Gasteiger partial charge in [0.1, 0.15) is 0 Å². The Morgan fingerprint density at radius 3 is 2.36 bits per heavy atom. The Labute approximate surface area is 160 Å². The molecule has 0 saturated carbocycles. The number of nitrogens with one attached hydrogen (secondary N) is 1. The standard InChI is InChI=1S/C19H22F3N3O3/c20-19(21,22)18(28)24-8-6-15(7-9-24)23-17(27)14-10-16(26)25(12-14)11-13-4-2-1-3-5-13/h1-5,14-15H,6-12H2,(H,23,27). The van der Waals surface area contributed by atoms with Gasteiger partial charge in [-0.05, 0) is 18.4 Å². The van der Waals surface area contributed by atoms with Crippen LogP contribution in [0.25, 0.3) is 0 Å². The lowest BCUT2D eigenvalue weighted by Crippen LogP contribution is -2.50. The van der Waals surface area contributed by atoms with Crippen molar-refractivity contribution in [2.45, 2.75) is 38.0 Å². The molecule has 6 nitrogen and oxygen atoms in total. The molecule has 1 N–H and O–H groups in total. The van der Waals surface area contributed by atoms with Crippen LogP contribution < -0.4 is 5.32 Å². The third-order valence-electron chi connectivity index (χ3n) is 5.17. The van der Waals surface area contributed by atoms with Crippen molar-refractivity contribution in [1.29, 1.82) is 0 Å². The van der Waals surface area contributed by atoms with Gasteiger partial charge >= 0.3 is 12.1 Å². The van der Waals surface area contributed by atoms with Crippen molar-refractivity contribution < 1.29 is 27.6 Å². The first-order valence-corrected chi connectivity index (χ1v) is 9.22. The van der Waals surface area contributed by atoms with Gasteiger partial charge in [-0.15, -0.1) is 0 Å². The van der Waals surface area contributed by atoms with Crippen molar-refractivity contribution >= 4 is 17.7 Å². The SMILES string of the molecule is O=C(NC1CCN(C(=O)C(F)(F)F)CC1)C1CC(=O)N(Cc2ccccc2)C1. The Bertz CT molecular complexity index is 731. The molecule has 1 unspecified atom stereocenters. The van der Waals surface area contributed by atoms with Gasteiger partial charge in [0.25, 0.3) is 0 Å². The zero-order valence-corrected chi connectivity index (χ0v) is 15.2. The Kier molecular flexibility index (Phi) is 5.90. The summed E-state index contributed by atoms with van der Waals surface area (Å²) in [7, 11) is 0. The second kappa shape index (κ2) is 8.20. The zero-order chi connectivity index (χ0) is 20.3. The van der Waals surface area contributed by atoms with Crippen LogP contribution in [0.3, 0.4) is 0 Å². The molecule has 1 aromatic rings. The molecule has 2 aliphatic heterocycles. The van der Waals surface area contributed by atoms with Gasteiger partial charge in [0.05, 0.1) is 5.92 Å². The molecule has 2 saturated heterocycles. The number of benzene rings is 1. The predicted molar refractivity (Wildman–Crippen MR) is 93.8 cm³/mol. The van der Waals surface area contributed by atoms with Gasteiger partial charge in [-0.25, -0.2) is 0 Å². The summed E-state index contributed by atoms with van der Waals surface area (Å²) in [6.45, 7) is 0.673. The highest BCUT2D eigenvalue weighted by Gasteiger charge is 2.43. The molecule has 0 radical (unpaired) electrons. The molecule has 28 heavy (non-hydrogen) atoms. The van der Waals surface area contributed by atoms with Crippen molar-refractivity contribution in [3.8, 4) is 0 Å². The van der Waals surface area contributed by atoms with Crippen molar-refractivity contribution in [1.82, 2.24) is 15.1 Å². The van der Waals surface area contributed by atoms with Crippen LogP contribution in [0.2, 0.25) is 0 Å². The highest BCUT2D eigenvalue weighted by Crippen LogP contribution is 2.23. The van der Waals surface area contributed by atoms with E-state index in [1.54, 1.807) is 4.90 Å². The number of amides is 3. The van der Waals surface area contributed by atoms with E-state index >= 15 is 0 Å². The number of nitrogens with zero attached hydrogens (tertiary/aromatic N) is 2. The molecule has 2 fully saturated rings. The fourth-order valence-corrected chi connectivity index (χ4v) is 3.63. The van der Waals surface area contributed by atoms with Gasteiger partial charge in [-0.1, -0.05) is 30.3 Å². The number of hydrogen-bond donors (Lipinski definition) is 1. The van der Waals surface area contributed by atoms with Gasteiger partial charge in [-0.3, -0.25) is 14.4 Å². The van der Waals surface area contributed by atoms with Crippen LogP contribution in [-0.4, -0.2) is 59.4 Å². The molecule has 2 aliphatic rings. The first-order valence-electron chi connectivity index (χ1n) is 9.22. The van der Waals surface area contributed by atoms with Gasteiger partial charge in [0, 0.05) is 38.6 Å². The lowest BCUT2D eigenvalue weighted by molar-refractivity contribution is -0.186. The van der Waals surface area contributed by atoms with E-state index in [-0.39, 0.29) is 50.2 Å². The molecule has 2 heterocycles. The van der Waals surface area contributed by atoms with Crippen LogP contribution in [-0.2, 0) is 20.9 Å². The van der Waals surface area contributed by atoms with E-state index in [4.69, 9.17) is 0 Å². The van der Waals surface area contributed by atoms with Crippen molar-refractivity contribution in [2.24, 2.45) is 5.92 Å². The number of carbonyl (C=O) groups excluding carboxylic acids is 3. The molecule has 1 aromatic carbocycles. The molecular formula is C19H22F3N3O3. The number of hydrogen-bond acceptors (Lipinski definition) is 3. The van der Waals surface area contributed by atoms with E-state index < -0.39 is 18.0 Å². The Morgan fingerprint density at radius 2 is 1.75 bits per heavy atom. The zero-order valence-electron chi connectivity index (χ0n) is 15.2. The summed E-state index contributed by atoms with van der Waals surface area (Å²) in [4.78, 5) is 38.3. The Hall–Kier alpha value is -2.58. The molecular weight excluding hydrogens is 375 g/mol. The number of carbonyl (C=O) groups is 3. The summed E-state index contributed by atoms with van der Waals surface area (Å²) in [6.07, 6.45) is -4.21. The summed E-state index contributed by atoms with van der Waals surface area (Å²) in [5.41, 5.74) is 0.985. The van der Waals surface area contributed by atoms with E-state index in [0.717, 1.165) is 10.5 Å². The molecule has 0 spiro atoms. The number of alkyl halides is 3. The number of halogens is 3. The second-order valence-corrected chi connectivity index (χ2v) is 7.23. The van der Waals surface area contributed by atoms with Gasteiger partial charge in [0.15, 0.2) is 0 Å². The fraction of sp³-hybridized carbons (Fsp3) is 0.526. The first-order chi connectivity index (χ1) is 13.2. The number of piperidine rings is 1. The third-order valence-corrected chi connectivity index (χ3v) is 5.17. The monoisotopic (exact) mass is 397 g/mol. The lowest BCUT2D eigenvalue weighted by atomic mass is 10.0. The maximum absolute atomic E-state index is 12.5. The molecule has 0 aromatic heterocycles. The van der Waals surface area contributed by atoms with E-state index in [9.17, 15) is 27.6 Å². The minimum Gasteiger partial charge on any atom is -0.353 e. The molecule has 3 rings (SSSR count). The predicted octanol–water partition coefficient (Wildman–Crippen LogP) is 1.70. The fourth-order valence-electron chi connectivity index (χ4n) is 3.63. The quantitative estimate of drug-likeness (QED) is 0.841. The van der Waals surface area contributed by atoms with Crippen molar-refractivity contribution in [2.75, 3.05) is 19.6 Å². The first kappa shape index (κ1) is 20.2. The summed E-state index contributed by atoms with van der Waals surface area (Å²) in [6, 6.07) is 9.20. The minimum atomic E-state index is -4.87. The van der Waals surface area contributed by atoms with Crippen LogP contribution in [0.15, 0.2) is 30.3 Å². The number of rotatable bonds is 4. The lowest BCUT2D eigenvalue weighted by Gasteiger charge is -2.33. The normalized spacial score (nSPS) is 21.1. The molecule has 1 atom stereocenters. The van der Waals surface area contributed by atoms with E-state index in [1.807, 2.05) is 30.3 Å². The third kappa shape index (κ3) is 4.82. The second-order valence-electron chi connectivity index (χ2n) is 7.23. The highest BCUT2D eigenvalue weighted by molar-refractivity contribution is 5.89. The number of likely N-dealkylation sites (tertiary alicyclic amines) is 2. The van der Waals surface area contributed by atoms with Crippen LogP contribution in [0.1, 0.15) is 24.8 Å². The maximum atomic E-state index is 12.5. The maximum Gasteiger partial charge on any atom is 0.471 e. The van der Waals surface area contributed by atoms with Gasteiger partial charge in [-0.2, -0.15) is 13.2 Å². The van der Waals surface area contributed by atoms with Crippen LogP contribution in [0.5, 0.6) is 0 Å². The van der Waals surface area contributed by atoms with Crippen LogP contribution in [0.4, 0.5) is 13.2 Å². The van der Waals surface area contributed by atoms with E-state index in [0.29, 0.717) is 13.1 Å². The highest BCUT2D eigenvalue weighted by atomic mass is 19.4. The summed E-state index contributed by atoms with van der Waals surface area (Å²) >= 11 is 0. The van der Waals surface area contributed by atoms with Crippen molar-refractivity contribution in [3.05, 3.63) is 35.9 Å². The van der Waals surface area contributed by atoms with Crippen LogP contribution >= 0.6 is 0 Å². The smallest absolute Gasteiger partial charge is 0.353 e. The van der Waals surface area contributed by atoms with Crippen molar-refractivity contribution in [3.63, 3.8) is 0 Å². The van der Waals surface area contributed by atoms with E-state index in [2.05, 4.69) is 5.32 Å². The van der Waals surface area contributed by atoms with E-state index in [1.165, 1.54) is 0 Å².